The summed E-state index contributed by atoms with van der Waals surface area (Å²) in [6.45, 7) is 1.74. The number of amides is 2. The van der Waals surface area contributed by atoms with Gasteiger partial charge in [0.2, 0.25) is 0 Å². The van der Waals surface area contributed by atoms with Crippen LogP contribution < -0.4 is 16.4 Å². The molecule has 0 saturated carbocycles. The van der Waals surface area contributed by atoms with Crippen molar-refractivity contribution in [2.24, 2.45) is 0 Å². The van der Waals surface area contributed by atoms with E-state index in [-0.39, 0.29) is 5.69 Å². The minimum atomic E-state index is -0.864. The number of urea groups is 1. The lowest BCUT2D eigenvalue weighted by Crippen LogP contribution is -2.20. The molecule has 0 saturated heterocycles. The van der Waals surface area contributed by atoms with E-state index in [4.69, 9.17) is 17.3 Å². The molecule has 0 aromatic heterocycles. The smallest absolute Gasteiger partial charge is 0.323 e. The van der Waals surface area contributed by atoms with Gasteiger partial charge in [0.05, 0.1) is 16.4 Å². The Kier molecular flexibility index (Phi) is 4.28. The van der Waals surface area contributed by atoms with E-state index in [9.17, 15) is 13.6 Å². The lowest BCUT2D eigenvalue weighted by atomic mass is 10.2. The molecular formula is C14H12ClF2N3O. The number of aryl methyl sites for hydroxylation is 1. The number of halogens is 3. The van der Waals surface area contributed by atoms with E-state index in [2.05, 4.69) is 10.6 Å². The summed E-state index contributed by atoms with van der Waals surface area (Å²) in [5.41, 5.74) is 7.03. The molecular weight excluding hydrogens is 300 g/mol. The molecule has 2 aromatic carbocycles. The van der Waals surface area contributed by atoms with E-state index in [1.54, 1.807) is 13.0 Å². The summed E-state index contributed by atoms with van der Waals surface area (Å²) in [6.07, 6.45) is 0. The van der Waals surface area contributed by atoms with Gasteiger partial charge in [0, 0.05) is 11.8 Å². The van der Waals surface area contributed by atoms with Crippen molar-refractivity contribution in [1.82, 2.24) is 0 Å². The van der Waals surface area contributed by atoms with E-state index in [0.29, 0.717) is 28.0 Å². The Labute approximate surface area is 124 Å². The fraction of sp³-hybridized carbons (Fsp3) is 0.0714. The predicted octanol–water partition coefficient (Wildman–Crippen LogP) is 4.15. The van der Waals surface area contributed by atoms with Gasteiger partial charge in [0.1, 0.15) is 11.6 Å². The lowest BCUT2D eigenvalue weighted by Gasteiger charge is -2.12. The number of anilines is 3. The topological polar surface area (TPSA) is 67.1 Å². The maximum atomic E-state index is 13.4. The number of rotatable bonds is 2. The molecule has 0 spiro atoms. The molecule has 0 aliphatic rings. The van der Waals surface area contributed by atoms with Crippen LogP contribution in [0.1, 0.15) is 5.56 Å². The Morgan fingerprint density at radius 3 is 2.48 bits per heavy atom. The normalized spacial score (nSPS) is 10.3. The van der Waals surface area contributed by atoms with Crippen molar-refractivity contribution >= 4 is 34.7 Å². The highest BCUT2D eigenvalue weighted by atomic mass is 35.5. The zero-order chi connectivity index (χ0) is 15.6. The minimum absolute atomic E-state index is 0.131. The van der Waals surface area contributed by atoms with Crippen molar-refractivity contribution in [3.05, 3.63) is 52.6 Å². The molecule has 21 heavy (non-hydrogen) atoms. The molecule has 0 bridgehead atoms. The van der Waals surface area contributed by atoms with E-state index in [0.717, 1.165) is 12.1 Å². The molecule has 2 rings (SSSR count). The Hall–Kier alpha value is -2.34. The number of carbonyl (C=O) groups excluding carboxylic acids is 1. The number of benzene rings is 2. The van der Waals surface area contributed by atoms with Gasteiger partial charge in [0.15, 0.2) is 0 Å². The third-order valence-electron chi connectivity index (χ3n) is 2.77. The summed E-state index contributed by atoms with van der Waals surface area (Å²) in [4.78, 5) is 11.8. The van der Waals surface area contributed by atoms with Crippen molar-refractivity contribution in [3.63, 3.8) is 0 Å². The molecule has 0 radical (unpaired) electrons. The number of hydrogen-bond donors (Lipinski definition) is 3. The maximum absolute atomic E-state index is 13.4. The first-order valence-electron chi connectivity index (χ1n) is 5.95. The van der Waals surface area contributed by atoms with Crippen LogP contribution in [0.25, 0.3) is 0 Å². The van der Waals surface area contributed by atoms with Gasteiger partial charge in [-0.3, -0.25) is 0 Å². The lowest BCUT2D eigenvalue weighted by molar-refractivity contribution is 0.262. The van der Waals surface area contributed by atoms with Crippen molar-refractivity contribution < 1.29 is 13.6 Å². The van der Waals surface area contributed by atoms with Crippen LogP contribution in [0.4, 0.5) is 30.6 Å². The van der Waals surface area contributed by atoms with Gasteiger partial charge in [-0.05, 0) is 36.8 Å². The summed E-state index contributed by atoms with van der Waals surface area (Å²) < 4.78 is 26.2. The minimum Gasteiger partial charge on any atom is -0.398 e. The second-order valence-corrected chi connectivity index (χ2v) is 4.80. The fourth-order valence-corrected chi connectivity index (χ4v) is 1.87. The fourth-order valence-electron chi connectivity index (χ4n) is 1.71. The molecule has 2 aromatic rings. The third kappa shape index (κ3) is 3.61. The molecule has 7 heteroatoms. The number of nitrogens with two attached hydrogens (primary N) is 1. The Bertz CT molecular complexity index is 707. The molecule has 0 fully saturated rings. The number of carbonyl (C=O) groups is 1. The van der Waals surface area contributed by atoms with Gasteiger partial charge in [-0.2, -0.15) is 0 Å². The molecule has 110 valence electrons. The van der Waals surface area contributed by atoms with Gasteiger partial charge in [0.25, 0.3) is 0 Å². The maximum Gasteiger partial charge on any atom is 0.323 e. The first-order chi connectivity index (χ1) is 9.86. The third-order valence-corrected chi connectivity index (χ3v) is 3.10. The van der Waals surface area contributed by atoms with E-state index < -0.39 is 17.7 Å². The Morgan fingerprint density at radius 2 is 1.81 bits per heavy atom. The average Bonchev–Trinajstić information content (AvgIpc) is 2.39. The number of nitrogen functional groups attached to an aromatic ring is 1. The standard InChI is InChI=1S/C14H12ClF2N3O/c1-7-4-11(18)9(15)6-13(7)20-14(21)19-12-3-2-8(16)5-10(12)17/h2-6H,18H2,1H3,(H2,19,20,21). The van der Waals surface area contributed by atoms with Crippen molar-refractivity contribution in [3.8, 4) is 0 Å². The van der Waals surface area contributed by atoms with Gasteiger partial charge in [-0.1, -0.05) is 11.6 Å². The van der Waals surface area contributed by atoms with Gasteiger partial charge in [-0.25, -0.2) is 13.6 Å². The monoisotopic (exact) mass is 311 g/mol. The van der Waals surface area contributed by atoms with Crippen molar-refractivity contribution in [1.29, 1.82) is 0 Å². The summed E-state index contributed by atoms with van der Waals surface area (Å²) >= 11 is 5.87. The predicted molar refractivity (Wildman–Crippen MR) is 79.6 cm³/mol. The van der Waals surface area contributed by atoms with Crippen LogP contribution in [-0.4, -0.2) is 6.03 Å². The van der Waals surface area contributed by atoms with Crippen LogP contribution in [0.15, 0.2) is 30.3 Å². The second-order valence-electron chi connectivity index (χ2n) is 4.39. The highest BCUT2D eigenvalue weighted by molar-refractivity contribution is 6.33. The van der Waals surface area contributed by atoms with Gasteiger partial charge >= 0.3 is 6.03 Å². The number of nitrogens with one attached hydrogen (secondary N) is 2. The molecule has 4 nitrogen and oxygen atoms in total. The van der Waals surface area contributed by atoms with E-state index in [1.807, 2.05) is 0 Å². The first kappa shape index (κ1) is 15.1. The van der Waals surface area contributed by atoms with Crippen LogP contribution in [0, 0.1) is 18.6 Å². The average molecular weight is 312 g/mol. The van der Waals surface area contributed by atoms with Crippen LogP contribution in [-0.2, 0) is 0 Å². The van der Waals surface area contributed by atoms with Crippen molar-refractivity contribution in [2.45, 2.75) is 6.92 Å². The highest BCUT2D eigenvalue weighted by Crippen LogP contribution is 2.26. The second kappa shape index (κ2) is 5.97. The zero-order valence-corrected chi connectivity index (χ0v) is 11.8. The highest BCUT2D eigenvalue weighted by Gasteiger charge is 2.10. The molecule has 0 unspecified atom stereocenters. The number of hydrogen-bond acceptors (Lipinski definition) is 2. The molecule has 0 aliphatic heterocycles. The Morgan fingerprint density at radius 1 is 1.14 bits per heavy atom. The Balaban J connectivity index is 2.13. The first-order valence-corrected chi connectivity index (χ1v) is 6.33. The molecule has 4 N–H and O–H groups in total. The zero-order valence-electron chi connectivity index (χ0n) is 11.0. The SMILES string of the molecule is Cc1cc(N)c(Cl)cc1NC(=O)Nc1ccc(F)cc1F. The van der Waals surface area contributed by atoms with Crippen LogP contribution in [0.3, 0.4) is 0 Å². The summed E-state index contributed by atoms with van der Waals surface area (Å²) in [5.74, 6) is -1.59. The molecule has 0 aliphatic carbocycles. The van der Waals surface area contributed by atoms with Crippen LogP contribution in [0.2, 0.25) is 5.02 Å². The summed E-state index contributed by atoms with van der Waals surface area (Å²) in [7, 11) is 0. The summed E-state index contributed by atoms with van der Waals surface area (Å²) in [5, 5.41) is 5.09. The van der Waals surface area contributed by atoms with Crippen LogP contribution in [0.5, 0.6) is 0 Å². The molecule has 0 atom stereocenters. The van der Waals surface area contributed by atoms with Gasteiger partial charge in [-0.15, -0.1) is 0 Å². The largest absolute Gasteiger partial charge is 0.398 e. The van der Waals surface area contributed by atoms with Crippen molar-refractivity contribution in [2.75, 3.05) is 16.4 Å². The molecule has 2 amide bonds. The molecule has 0 heterocycles. The van der Waals surface area contributed by atoms with Crippen LogP contribution >= 0.6 is 11.6 Å². The van der Waals surface area contributed by atoms with E-state index >= 15 is 0 Å². The summed E-state index contributed by atoms with van der Waals surface area (Å²) in [6, 6.07) is 5.28. The van der Waals surface area contributed by atoms with E-state index in [1.165, 1.54) is 6.07 Å². The quantitative estimate of drug-likeness (QED) is 0.729. The van der Waals surface area contributed by atoms with Gasteiger partial charge < -0.3 is 16.4 Å².